The van der Waals surface area contributed by atoms with Gasteiger partial charge in [0.05, 0.1) is 5.60 Å². The molecule has 0 aliphatic carbocycles. The monoisotopic (exact) mass is 479 g/mol. The van der Waals surface area contributed by atoms with Crippen molar-refractivity contribution in [2.24, 2.45) is 5.41 Å². The van der Waals surface area contributed by atoms with Gasteiger partial charge in [0.2, 0.25) is 5.91 Å². The molecule has 35 heavy (non-hydrogen) atoms. The Morgan fingerprint density at radius 3 is 2.09 bits per heavy atom. The zero-order valence-electron chi connectivity index (χ0n) is 22.8. The van der Waals surface area contributed by atoms with Crippen LogP contribution in [0.3, 0.4) is 0 Å². The van der Waals surface area contributed by atoms with Crippen molar-refractivity contribution in [1.29, 1.82) is 0 Å². The van der Waals surface area contributed by atoms with E-state index >= 15 is 0 Å². The van der Waals surface area contributed by atoms with Gasteiger partial charge in [0.1, 0.15) is 0 Å². The smallest absolute Gasteiger partial charge is 0.337 e. The Labute approximate surface area is 210 Å². The van der Waals surface area contributed by atoms with Crippen LogP contribution in [0.4, 0.5) is 0 Å². The van der Waals surface area contributed by atoms with E-state index in [-0.39, 0.29) is 11.3 Å². The molecule has 1 atom stereocenters. The summed E-state index contributed by atoms with van der Waals surface area (Å²) in [7, 11) is 0. The quantitative estimate of drug-likeness (QED) is 0.529. The molecule has 190 valence electrons. The van der Waals surface area contributed by atoms with E-state index in [9.17, 15) is 14.7 Å². The van der Waals surface area contributed by atoms with Crippen molar-refractivity contribution < 1.29 is 19.4 Å². The van der Waals surface area contributed by atoms with Crippen molar-refractivity contribution in [2.45, 2.75) is 93.4 Å². The fraction of sp³-hybridized carbons (Fsp3) is 0.533. The summed E-state index contributed by atoms with van der Waals surface area (Å²) < 4.78 is 6.16. The number of hydrogen-bond acceptors (Lipinski definition) is 3. The van der Waals surface area contributed by atoms with Crippen LogP contribution in [0.2, 0.25) is 0 Å². The lowest BCUT2D eigenvalue weighted by atomic mass is 9.80. The minimum atomic E-state index is -1.11. The van der Waals surface area contributed by atoms with Crippen LogP contribution in [-0.2, 0) is 27.3 Å². The number of carbonyl (C=O) groups excluding carboxylic acids is 1. The molecule has 0 bridgehead atoms. The highest BCUT2D eigenvalue weighted by atomic mass is 16.5. The lowest BCUT2D eigenvalue weighted by Crippen LogP contribution is -2.39. The van der Waals surface area contributed by atoms with Crippen molar-refractivity contribution in [3.05, 3.63) is 57.6 Å². The van der Waals surface area contributed by atoms with Crippen molar-refractivity contribution in [1.82, 2.24) is 4.90 Å². The molecular formula is C30H41NO4. The first-order valence-corrected chi connectivity index (χ1v) is 12.5. The lowest BCUT2D eigenvalue weighted by molar-refractivity contribution is -0.160. The van der Waals surface area contributed by atoms with Crippen molar-refractivity contribution in [3.8, 4) is 11.1 Å². The van der Waals surface area contributed by atoms with E-state index in [4.69, 9.17) is 4.74 Å². The maximum Gasteiger partial charge on any atom is 0.337 e. The van der Waals surface area contributed by atoms with Crippen LogP contribution in [-0.4, -0.2) is 34.0 Å². The number of carboxylic acids is 1. The molecule has 5 nitrogen and oxygen atoms in total. The Morgan fingerprint density at radius 2 is 1.57 bits per heavy atom. The molecule has 1 N–H and O–H groups in total. The largest absolute Gasteiger partial charge is 0.479 e. The maximum absolute atomic E-state index is 13.1. The van der Waals surface area contributed by atoms with Crippen LogP contribution < -0.4 is 0 Å². The fourth-order valence-electron chi connectivity index (χ4n) is 5.01. The van der Waals surface area contributed by atoms with E-state index in [0.29, 0.717) is 25.1 Å². The van der Waals surface area contributed by atoms with E-state index in [0.717, 1.165) is 39.8 Å². The molecular weight excluding hydrogens is 438 g/mol. The zero-order valence-corrected chi connectivity index (χ0v) is 22.8. The van der Waals surface area contributed by atoms with Gasteiger partial charge >= 0.3 is 5.97 Å². The van der Waals surface area contributed by atoms with E-state index in [1.54, 1.807) is 0 Å². The first kappa shape index (κ1) is 26.9. The highest BCUT2D eigenvalue weighted by Crippen LogP contribution is 2.42. The average Bonchev–Trinajstić information content (AvgIpc) is 2.73. The summed E-state index contributed by atoms with van der Waals surface area (Å²) >= 11 is 0. The Hall–Kier alpha value is -2.66. The first-order valence-electron chi connectivity index (χ1n) is 12.5. The van der Waals surface area contributed by atoms with Gasteiger partial charge in [-0.1, -0.05) is 50.6 Å². The molecule has 1 amide bonds. The van der Waals surface area contributed by atoms with Gasteiger partial charge in [-0.25, -0.2) is 4.79 Å². The molecule has 0 saturated carbocycles. The molecule has 2 aromatic carbocycles. The Balaban J connectivity index is 2.23. The number of aliphatic carboxylic acids is 1. The lowest BCUT2D eigenvalue weighted by Gasteiger charge is -2.36. The first-order chi connectivity index (χ1) is 16.1. The summed E-state index contributed by atoms with van der Waals surface area (Å²) in [5, 5.41) is 10.3. The summed E-state index contributed by atoms with van der Waals surface area (Å²) in [5.41, 5.74) is 7.32. The van der Waals surface area contributed by atoms with Crippen LogP contribution >= 0.6 is 0 Å². The van der Waals surface area contributed by atoms with E-state index in [1.807, 2.05) is 39.5 Å². The fourth-order valence-corrected chi connectivity index (χ4v) is 5.01. The van der Waals surface area contributed by atoms with Gasteiger partial charge in [0.15, 0.2) is 6.10 Å². The molecule has 1 aliphatic rings. The summed E-state index contributed by atoms with van der Waals surface area (Å²) in [4.78, 5) is 27.6. The van der Waals surface area contributed by atoms with Crippen LogP contribution in [0.5, 0.6) is 0 Å². The average molecular weight is 480 g/mol. The Morgan fingerprint density at radius 1 is 0.971 bits per heavy atom. The van der Waals surface area contributed by atoms with Gasteiger partial charge < -0.3 is 14.7 Å². The SMILES string of the molecule is Cc1ccc(-c2c(C)c3c(c(C)c2[C@H](OC(C)(C)C)C(=O)O)CN(C(=O)CC(C)(C)C)CC3)cc1. The topological polar surface area (TPSA) is 66.8 Å². The highest BCUT2D eigenvalue weighted by molar-refractivity contribution is 5.84. The molecule has 1 aliphatic heterocycles. The Kier molecular flexibility index (Phi) is 7.52. The molecule has 0 saturated heterocycles. The second kappa shape index (κ2) is 9.77. The van der Waals surface area contributed by atoms with Gasteiger partial charge in [-0.3, -0.25) is 4.79 Å². The number of carbonyl (C=O) groups is 2. The van der Waals surface area contributed by atoms with Crippen molar-refractivity contribution >= 4 is 11.9 Å². The number of ether oxygens (including phenoxy) is 1. The minimum absolute atomic E-state index is 0.0856. The summed E-state index contributed by atoms with van der Waals surface area (Å²) in [6, 6.07) is 8.23. The maximum atomic E-state index is 13.1. The van der Waals surface area contributed by atoms with E-state index in [2.05, 4.69) is 52.0 Å². The van der Waals surface area contributed by atoms with E-state index in [1.165, 1.54) is 5.56 Å². The molecule has 2 aromatic rings. The predicted molar refractivity (Wildman–Crippen MR) is 140 cm³/mol. The van der Waals surface area contributed by atoms with Gasteiger partial charge in [0.25, 0.3) is 0 Å². The number of fused-ring (bicyclic) bond motifs is 1. The highest BCUT2D eigenvalue weighted by Gasteiger charge is 2.35. The van der Waals surface area contributed by atoms with Crippen LogP contribution in [0, 0.1) is 26.2 Å². The number of aryl methyl sites for hydroxylation is 1. The molecule has 3 rings (SSSR count). The summed E-state index contributed by atoms with van der Waals surface area (Å²) in [5.74, 6) is -0.864. The molecule has 5 heteroatoms. The second-order valence-electron chi connectivity index (χ2n) is 12.1. The van der Waals surface area contributed by atoms with Crippen LogP contribution in [0.15, 0.2) is 24.3 Å². The van der Waals surface area contributed by atoms with Gasteiger partial charge in [-0.15, -0.1) is 0 Å². The van der Waals surface area contributed by atoms with Crippen LogP contribution in [0.1, 0.15) is 87.4 Å². The van der Waals surface area contributed by atoms with Crippen molar-refractivity contribution in [3.63, 3.8) is 0 Å². The number of amides is 1. The zero-order chi connectivity index (χ0) is 26.3. The summed E-state index contributed by atoms with van der Waals surface area (Å²) in [6.45, 7) is 19.1. The van der Waals surface area contributed by atoms with Gasteiger partial charge in [-0.05, 0) is 86.8 Å². The predicted octanol–water partition coefficient (Wildman–Crippen LogP) is 6.54. The van der Waals surface area contributed by atoms with Gasteiger partial charge in [-0.2, -0.15) is 0 Å². The molecule has 0 fully saturated rings. The number of nitrogens with zero attached hydrogens (tertiary/aromatic N) is 1. The molecule has 0 radical (unpaired) electrons. The number of hydrogen-bond donors (Lipinski definition) is 1. The summed E-state index contributed by atoms with van der Waals surface area (Å²) in [6.07, 6.45) is 0.130. The number of benzene rings is 2. The second-order valence-corrected chi connectivity index (χ2v) is 12.1. The van der Waals surface area contributed by atoms with E-state index < -0.39 is 17.7 Å². The normalized spacial score (nSPS) is 15.1. The number of rotatable bonds is 5. The third-order valence-electron chi connectivity index (χ3n) is 6.63. The number of carboxylic acid groups (broad SMARTS) is 1. The third-order valence-corrected chi connectivity index (χ3v) is 6.63. The van der Waals surface area contributed by atoms with Crippen molar-refractivity contribution in [2.75, 3.05) is 6.54 Å². The molecule has 1 heterocycles. The molecule has 0 aromatic heterocycles. The third kappa shape index (κ3) is 6.13. The van der Waals surface area contributed by atoms with Crippen LogP contribution in [0.25, 0.3) is 11.1 Å². The molecule has 0 unspecified atom stereocenters. The molecule has 0 spiro atoms. The minimum Gasteiger partial charge on any atom is -0.479 e. The van der Waals surface area contributed by atoms with Gasteiger partial charge in [0, 0.05) is 25.1 Å². The standard InChI is InChI=1S/C30H41NO4/c1-18-10-12-21(13-11-18)25-19(2)22-14-15-31(24(32)16-29(4,5)6)17-23(22)20(3)26(25)27(28(33)34)35-30(7,8)9/h10-13,27H,14-17H2,1-9H3,(H,33,34)/t27-/m0/s1. The Bertz CT molecular complexity index is 1120.